The quantitative estimate of drug-likeness (QED) is 0.785. The van der Waals surface area contributed by atoms with Gasteiger partial charge in [-0.25, -0.2) is 4.39 Å². The predicted octanol–water partition coefficient (Wildman–Crippen LogP) is 4.93. The van der Waals surface area contributed by atoms with Gasteiger partial charge in [0.2, 0.25) is 0 Å². The van der Waals surface area contributed by atoms with Gasteiger partial charge in [0.25, 0.3) is 0 Å². The van der Waals surface area contributed by atoms with Gasteiger partial charge in [-0.2, -0.15) is 11.3 Å². The number of benzene rings is 1. The van der Waals surface area contributed by atoms with Crippen LogP contribution in [-0.2, 0) is 6.42 Å². The van der Waals surface area contributed by atoms with Crippen molar-refractivity contribution >= 4 is 27.3 Å². The Morgan fingerprint density at radius 1 is 1.37 bits per heavy atom. The second kappa shape index (κ2) is 7.17. The minimum absolute atomic E-state index is 0.139. The molecular weight excluding hydrogens is 325 g/mol. The molecule has 0 fully saturated rings. The van der Waals surface area contributed by atoms with Crippen LogP contribution in [0.25, 0.3) is 0 Å². The molecule has 1 heterocycles. The van der Waals surface area contributed by atoms with E-state index >= 15 is 0 Å². The molecule has 1 N–H and O–H groups in total. The molecule has 1 nitrogen and oxygen atoms in total. The van der Waals surface area contributed by atoms with E-state index in [0.717, 1.165) is 29.4 Å². The fraction of sp³-hybridized carbons (Fsp3) is 0.333. The van der Waals surface area contributed by atoms with Gasteiger partial charge < -0.3 is 5.32 Å². The molecule has 0 aliphatic carbocycles. The molecule has 1 atom stereocenters. The van der Waals surface area contributed by atoms with E-state index in [1.165, 1.54) is 11.6 Å². The highest BCUT2D eigenvalue weighted by Crippen LogP contribution is 2.27. The Labute approximate surface area is 126 Å². The lowest BCUT2D eigenvalue weighted by atomic mass is 10.00. The lowest BCUT2D eigenvalue weighted by molar-refractivity contribution is 0.523. The fourth-order valence-electron chi connectivity index (χ4n) is 2.04. The summed E-state index contributed by atoms with van der Waals surface area (Å²) in [5, 5.41) is 7.72. The monoisotopic (exact) mass is 341 g/mol. The summed E-state index contributed by atoms with van der Waals surface area (Å²) in [6.45, 7) is 3.06. The number of halogens is 2. The summed E-state index contributed by atoms with van der Waals surface area (Å²) >= 11 is 5.22. The highest BCUT2D eigenvalue weighted by molar-refractivity contribution is 9.10. The standard InChI is InChI=1S/C15H17BrFNS/c1-2-6-18-15(8-11-5-7-19-10-11)13-9-12(17)3-4-14(13)16/h3-5,7,9-10,15,18H,2,6,8H2,1H3. The average molecular weight is 342 g/mol. The van der Waals surface area contributed by atoms with Gasteiger partial charge in [0.1, 0.15) is 5.82 Å². The smallest absolute Gasteiger partial charge is 0.123 e. The summed E-state index contributed by atoms with van der Waals surface area (Å²) in [6.07, 6.45) is 1.94. The van der Waals surface area contributed by atoms with Gasteiger partial charge in [-0.15, -0.1) is 0 Å². The molecule has 4 heteroatoms. The average Bonchev–Trinajstić information content (AvgIpc) is 2.90. The number of hydrogen-bond donors (Lipinski definition) is 1. The van der Waals surface area contributed by atoms with E-state index in [-0.39, 0.29) is 11.9 Å². The first kappa shape index (κ1) is 14.7. The molecule has 0 saturated carbocycles. The molecule has 0 amide bonds. The molecule has 2 rings (SSSR count). The Morgan fingerprint density at radius 2 is 2.21 bits per heavy atom. The molecule has 0 bridgehead atoms. The minimum atomic E-state index is -0.188. The van der Waals surface area contributed by atoms with Crippen molar-refractivity contribution in [2.45, 2.75) is 25.8 Å². The van der Waals surface area contributed by atoms with E-state index in [1.807, 2.05) is 0 Å². The van der Waals surface area contributed by atoms with Gasteiger partial charge in [-0.05, 0) is 65.5 Å². The van der Waals surface area contributed by atoms with Crippen LogP contribution >= 0.6 is 27.3 Å². The summed E-state index contributed by atoms with van der Waals surface area (Å²) in [4.78, 5) is 0. The minimum Gasteiger partial charge on any atom is -0.310 e. The second-order valence-corrected chi connectivity index (χ2v) is 6.14. The normalized spacial score (nSPS) is 12.6. The van der Waals surface area contributed by atoms with Crippen LogP contribution in [-0.4, -0.2) is 6.54 Å². The zero-order valence-electron chi connectivity index (χ0n) is 10.8. The van der Waals surface area contributed by atoms with Crippen LogP contribution < -0.4 is 5.32 Å². The van der Waals surface area contributed by atoms with Crippen molar-refractivity contribution in [2.75, 3.05) is 6.54 Å². The van der Waals surface area contributed by atoms with Crippen LogP contribution in [0.3, 0.4) is 0 Å². The lowest BCUT2D eigenvalue weighted by Crippen LogP contribution is -2.24. The third kappa shape index (κ3) is 4.13. The van der Waals surface area contributed by atoms with Crippen molar-refractivity contribution in [3.05, 3.63) is 56.4 Å². The first-order chi connectivity index (χ1) is 9.20. The van der Waals surface area contributed by atoms with Crippen molar-refractivity contribution in [2.24, 2.45) is 0 Å². The molecule has 19 heavy (non-hydrogen) atoms. The Kier molecular flexibility index (Phi) is 5.55. The molecule has 0 radical (unpaired) electrons. The van der Waals surface area contributed by atoms with E-state index in [4.69, 9.17) is 0 Å². The van der Waals surface area contributed by atoms with Crippen molar-refractivity contribution < 1.29 is 4.39 Å². The van der Waals surface area contributed by atoms with Crippen LogP contribution in [0, 0.1) is 5.82 Å². The predicted molar refractivity (Wildman–Crippen MR) is 83.2 cm³/mol. The third-order valence-electron chi connectivity index (χ3n) is 2.99. The largest absolute Gasteiger partial charge is 0.310 e. The van der Waals surface area contributed by atoms with Crippen LogP contribution in [0.2, 0.25) is 0 Å². The van der Waals surface area contributed by atoms with Gasteiger partial charge >= 0.3 is 0 Å². The second-order valence-electron chi connectivity index (χ2n) is 4.51. The highest BCUT2D eigenvalue weighted by atomic mass is 79.9. The summed E-state index contributed by atoms with van der Waals surface area (Å²) in [6, 6.07) is 7.13. The Morgan fingerprint density at radius 3 is 2.89 bits per heavy atom. The van der Waals surface area contributed by atoms with Crippen molar-refractivity contribution in [3.8, 4) is 0 Å². The molecular formula is C15H17BrFNS. The Hall–Kier alpha value is -0.710. The zero-order valence-corrected chi connectivity index (χ0v) is 13.2. The first-order valence-corrected chi connectivity index (χ1v) is 8.13. The van der Waals surface area contributed by atoms with Crippen LogP contribution in [0.15, 0.2) is 39.5 Å². The zero-order chi connectivity index (χ0) is 13.7. The van der Waals surface area contributed by atoms with Crippen molar-refractivity contribution in [1.82, 2.24) is 5.32 Å². The van der Waals surface area contributed by atoms with Gasteiger partial charge in [0.15, 0.2) is 0 Å². The van der Waals surface area contributed by atoms with Crippen molar-refractivity contribution in [3.63, 3.8) is 0 Å². The molecule has 0 aliphatic rings. The third-order valence-corrected chi connectivity index (χ3v) is 4.45. The number of hydrogen-bond acceptors (Lipinski definition) is 2. The summed E-state index contributed by atoms with van der Waals surface area (Å²) < 4.78 is 14.4. The molecule has 1 unspecified atom stereocenters. The maximum Gasteiger partial charge on any atom is 0.123 e. The molecule has 2 aromatic rings. The number of thiophene rings is 1. The van der Waals surface area contributed by atoms with Gasteiger partial charge in [-0.3, -0.25) is 0 Å². The van der Waals surface area contributed by atoms with E-state index < -0.39 is 0 Å². The molecule has 1 aromatic heterocycles. The topological polar surface area (TPSA) is 12.0 Å². The first-order valence-electron chi connectivity index (χ1n) is 6.40. The molecule has 0 aliphatic heterocycles. The van der Waals surface area contributed by atoms with Gasteiger partial charge in [0, 0.05) is 10.5 Å². The maximum atomic E-state index is 13.5. The lowest BCUT2D eigenvalue weighted by Gasteiger charge is -2.20. The van der Waals surface area contributed by atoms with E-state index in [0.29, 0.717) is 0 Å². The van der Waals surface area contributed by atoms with Gasteiger partial charge in [0.05, 0.1) is 0 Å². The van der Waals surface area contributed by atoms with E-state index in [1.54, 1.807) is 23.5 Å². The van der Waals surface area contributed by atoms with E-state index in [9.17, 15) is 4.39 Å². The maximum absolute atomic E-state index is 13.5. The highest BCUT2D eigenvalue weighted by Gasteiger charge is 2.15. The van der Waals surface area contributed by atoms with Crippen molar-refractivity contribution in [1.29, 1.82) is 0 Å². The molecule has 102 valence electrons. The van der Waals surface area contributed by atoms with E-state index in [2.05, 4.69) is 45.0 Å². The van der Waals surface area contributed by atoms with Crippen LogP contribution in [0.1, 0.15) is 30.5 Å². The molecule has 0 saturated heterocycles. The summed E-state index contributed by atoms with van der Waals surface area (Å²) in [5.74, 6) is -0.188. The Bertz CT molecular complexity index is 513. The molecule has 1 aromatic carbocycles. The SMILES string of the molecule is CCCNC(Cc1ccsc1)c1cc(F)ccc1Br. The summed E-state index contributed by atoms with van der Waals surface area (Å²) in [5.41, 5.74) is 2.27. The van der Waals surface area contributed by atoms with Crippen LogP contribution in [0.5, 0.6) is 0 Å². The number of nitrogens with one attached hydrogen (secondary N) is 1. The Balaban J connectivity index is 2.23. The van der Waals surface area contributed by atoms with Crippen LogP contribution in [0.4, 0.5) is 4.39 Å². The molecule has 0 spiro atoms. The number of rotatable bonds is 6. The fourth-order valence-corrected chi connectivity index (χ4v) is 3.24. The van der Waals surface area contributed by atoms with Gasteiger partial charge in [-0.1, -0.05) is 22.9 Å². The summed E-state index contributed by atoms with van der Waals surface area (Å²) in [7, 11) is 0.